The molecule has 1 aromatic heterocycles. The van der Waals surface area contributed by atoms with Crippen molar-refractivity contribution in [2.75, 3.05) is 19.0 Å². The number of amides is 1. The van der Waals surface area contributed by atoms with Crippen LogP contribution in [0.2, 0.25) is 0 Å². The van der Waals surface area contributed by atoms with Gasteiger partial charge in [-0.2, -0.15) is 0 Å². The summed E-state index contributed by atoms with van der Waals surface area (Å²) in [7, 11) is 3.86. The van der Waals surface area contributed by atoms with Gasteiger partial charge in [0.1, 0.15) is 11.6 Å². The van der Waals surface area contributed by atoms with Crippen LogP contribution in [0, 0.1) is 20.8 Å². The molecule has 0 aliphatic heterocycles. The van der Waals surface area contributed by atoms with Gasteiger partial charge in [0.2, 0.25) is 0 Å². The number of hydrogen-bond acceptors (Lipinski definition) is 4. The summed E-state index contributed by atoms with van der Waals surface area (Å²) < 4.78 is 0. The van der Waals surface area contributed by atoms with Crippen LogP contribution < -0.4 is 10.2 Å². The Bertz CT molecular complexity index is 695. The topological polar surface area (TPSA) is 58.1 Å². The lowest BCUT2D eigenvalue weighted by molar-refractivity contribution is 0.0949. The van der Waals surface area contributed by atoms with E-state index in [1.807, 2.05) is 64.0 Å². The second-order valence-electron chi connectivity index (χ2n) is 5.68. The number of nitrogens with one attached hydrogen (secondary N) is 1. The van der Waals surface area contributed by atoms with Crippen LogP contribution in [-0.4, -0.2) is 30.0 Å². The molecule has 5 nitrogen and oxygen atoms in total. The van der Waals surface area contributed by atoms with E-state index in [1.54, 1.807) is 0 Å². The van der Waals surface area contributed by atoms with Gasteiger partial charge in [0.15, 0.2) is 0 Å². The molecule has 1 heterocycles. The van der Waals surface area contributed by atoms with E-state index in [-0.39, 0.29) is 5.91 Å². The van der Waals surface area contributed by atoms with E-state index in [2.05, 4.69) is 15.3 Å². The standard InChI is InChI=1S/C17H22N4O/c1-11-6-7-14(12(2)8-11)17(22)18-10-15-19-13(3)9-16(20-15)21(4)5/h6-9H,10H2,1-5H3,(H,18,22). The minimum absolute atomic E-state index is 0.103. The molecule has 2 rings (SSSR count). The monoisotopic (exact) mass is 298 g/mol. The van der Waals surface area contributed by atoms with Crippen molar-refractivity contribution in [3.63, 3.8) is 0 Å². The zero-order valence-corrected chi connectivity index (χ0v) is 13.8. The van der Waals surface area contributed by atoms with Gasteiger partial charge in [-0.3, -0.25) is 4.79 Å². The van der Waals surface area contributed by atoms with Crippen molar-refractivity contribution >= 4 is 11.7 Å². The van der Waals surface area contributed by atoms with Crippen molar-refractivity contribution in [2.24, 2.45) is 0 Å². The van der Waals surface area contributed by atoms with Crippen molar-refractivity contribution < 1.29 is 4.79 Å². The number of anilines is 1. The third kappa shape index (κ3) is 3.81. The number of carbonyl (C=O) groups is 1. The number of rotatable bonds is 4. The third-order valence-corrected chi connectivity index (χ3v) is 3.38. The van der Waals surface area contributed by atoms with E-state index in [0.29, 0.717) is 17.9 Å². The molecule has 22 heavy (non-hydrogen) atoms. The Morgan fingerprint density at radius 1 is 1.14 bits per heavy atom. The molecule has 0 saturated heterocycles. The molecule has 1 aromatic carbocycles. The summed E-state index contributed by atoms with van der Waals surface area (Å²) in [6.45, 7) is 6.19. The number of aryl methyl sites for hydroxylation is 3. The molecule has 5 heteroatoms. The normalized spacial score (nSPS) is 10.4. The van der Waals surface area contributed by atoms with Gasteiger partial charge in [-0.15, -0.1) is 0 Å². The van der Waals surface area contributed by atoms with Gasteiger partial charge in [0, 0.05) is 31.4 Å². The highest BCUT2D eigenvalue weighted by Gasteiger charge is 2.10. The van der Waals surface area contributed by atoms with Crippen LogP contribution in [0.3, 0.4) is 0 Å². The Hall–Kier alpha value is -2.43. The van der Waals surface area contributed by atoms with Gasteiger partial charge in [-0.25, -0.2) is 9.97 Å². The fraction of sp³-hybridized carbons (Fsp3) is 0.353. The van der Waals surface area contributed by atoms with E-state index < -0.39 is 0 Å². The minimum Gasteiger partial charge on any atom is -0.363 e. The smallest absolute Gasteiger partial charge is 0.251 e. The van der Waals surface area contributed by atoms with Gasteiger partial charge in [0.25, 0.3) is 5.91 Å². The van der Waals surface area contributed by atoms with Crippen LogP contribution in [0.25, 0.3) is 0 Å². The predicted octanol–water partition coefficient (Wildman–Crippen LogP) is 2.40. The number of hydrogen-bond donors (Lipinski definition) is 1. The molecular weight excluding hydrogens is 276 g/mol. The van der Waals surface area contributed by atoms with E-state index in [9.17, 15) is 4.79 Å². The van der Waals surface area contributed by atoms with Crippen LogP contribution >= 0.6 is 0 Å². The lowest BCUT2D eigenvalue weighted by Crippen LogP contribution is -2.25. The first kappa shape index (κ1) is 15.9. The van der Waals surface area contributed by atoms with Gasteiger partial charge in [-0.05, 0) is 32.4 Å². The first-order valence-corrected chi connectivity index (χ1v) is 7.24. The molecule has 0 fully saturated rings. The molecule has 0 atom stereocenters. The molecule has 1 amide bonds. The first-order valence-electron chi connectivity index (χ1n) is 7.24. The summed E-state index contributed by atoms with van der Waals surface area (Å²) >= 11 is 0. The summed E-state index contributed by atoms with van der Waals surface area (Å²) in [6, 6.07) is 7.70. The minimum atomic E-state index is -0.103. The van der Waals surface area contributed by atoms with E-state index in [1.165, 1.54) is 0 Å². The number of nitrogens with zero attached hydrogens (tertiary/aromatic N) is 3. The molecule has 0 aliphatic rings. The average molecular weight is 298 g/mol. The highest BCUT2D eigenvalue weighted by molar-refractivity contribution is 5.95. The fourth-order valence-electron chi connectivity index (χ4n) is 2.24. The van der Waals surface area contributed by atoms with E-state index in [4.69, 9.17) is 0 Å². The lowest BCUT2D eigenvalue weighted by Gasteiger charge is -2.13. The lowest BCUT2D eigenvalue weighted by atomic mass is 10.1. The molecule has 0 saturated carbocycles. The maximum atomic E-state index is 12.3. The van der Waals surface area contributed by atoms with Gasteiger partial charge >= 0.3 is 0 Å². The Labute approximate surface area is 131 Å². The van der Waals surface area contributed by atoms with Crippen LogP contribution in [0.15, 0.2) is 24.3 Å². The molecule has 2 aromatic rings. The molecule has 0 spiro atoms. The van der Waals surface area contributed by atoms with Crippen LogP contribution in [0.4, 0.5) is 5.82 Å². The molecule has 0 radical (unpaired) electrons. The summed E-state index contributed by atoms with van der Waals surface area (Å²) in [6.07, 6.45) is 0. The van der Waals surface area contributed by atoms with Crippen LogP contribution in [0.1, 0.15) is 33.0 Å². The first-order chi connectivity index (χ1) is 10.4. The van der Waals surface area contributed by atoms with Crippen molar-refractivity contribution in [3.05, 3.63) is 52.5 Å². The Balaban J connectivity index is 2.11. The maximum absolute atomic E-state index is 12.3. The summed E-state index contributed by atoms with van der Waals surface area (Å²) in [5.41, 5.74) is 3.68. The fourth-order valence-corrected chi connectivity index (χ4v) is 2.24. The summed E-state index contributed by atoms with van der Waals surface area (Å²) in [5, 5.41) is 2.89. The molecule has 1 N–H and O–H groups in total. The molecule has 0 unspecified atom stereocenters. The van der Waals surface area contributed by atoms with Crippen molar-refractivity contribution in [3.8, 4) is 0 Å². The molecule has 0 aliphatic carbocycles. The van der Waals surface area contributed by atoms with Gasteiger partial charge in [0.05, 0.1) is 6.54 Å². The largest absolute Gasteiger partial charge is 0.363 e. The predicted molar refractivity (Wildman–Crippen MR) is 88.2 cm³/mol. The van der Waals surface area contributed by atoms with Crippen LogP contribution in [-0.2, 0) is 6.54 Å². The second-order valence-corrected chi connectivity index (χ2v) is 5.68. The zero-order chi connectivity index (χ0) is 16.3. The quantitative estimate of drug-likeness (QED) is 0.941. The van der Waals surface area contributed by atoms with Gasteiger partial charge in [-0.1, -0.05) is 17.7 Å². The maximum Gasteiger partial charge on any atom is 0.251 e. The molecular formula is C17H22N4O. The average Bonchev–Trinajstić information content (AvgIpc) is 2.44. The summed E-state index contributed by atoms with van der Waals surface area (Å²) in [5.74, 6) is 1.35. The Kier molecular flexibility index (Phi) is 4.75. The number of benzene rings is 1. The Morgan fingerprint density at radius 2 is 1.86 bits per heavy atom. The van der Waals surface area contributed by atoms with E-state index >= 15 is 0 Å². The SMILES string of the molecule is Cc1ccc(C(=O)NCc2nc(C)cc(N(C)C)n2)c(C)c1. The third-order valence-electron chi connectivity index (χ3n) is 3.38. The highest BCUT2D eigenvalue weighted by atomic mass is 16.1. The van der Waals surface area contributed by atoms with E-state index in [0.717, 1.165) is 22.6 Å². The highest BCUT2D eigenvalue weighted by Crippen LogP contribution is 2.11. The van der Waals surface area contributed by atoms with Crippen molar-refractivity contribution in [2.45, 2.75) is 27.3 Å². The summed E-state index contributed by atoms with van der Waals surface area (Å²) in [4.78, 5) is 23.0. The van der Waals surface area contributed by atoms with Crippen molar-refractivity contribution in [1.82, 2.24) is 15.3 Å². The number of aromatic nitrogens is 2. The van der Waals surface area contributed by atoms with Crippen molar-refractivity contribution in [1.29, 1.82) is 0 Å². The molecule has 116 valence electrons. The van der Waals surface area contributed by atoms with Gasteiger partial charge < -0.3 is 10.2 Å². The second kappa shape index (κ2) is 6.56. The van der Waals surface area contributed by atoms with Crippen LogP contribution in [0.5, 0.6) is 0 Å². The number of carbonyl (C=O) groups excluding carboxylic acids is 1. The Morgan fingerprint density at radius 3 is 2.50 bits per heavy atom. The molecule has 0 bridgehead atoms. The zero-order valence-electron chi connectivity index (χ0n) is 13.8.